The summed E-state index contributed by atoms with van der Waals surface area (Å²) in [5.74, 6) is 0.0919. The van der Waals surface area contributed by atoms with Gasteiger partial charge in [0, 0.05) is 5.92 Å². The number of carbonyl (C=O) groups excluding carboxylic acids is 2. The molecule has 0 bridgehead atoms. The molecular formula is C29H31NO5. The number of nitrogens with one attached hydrogen (secondary N) is 1. The number of amides is 1. The Kier molecular flexibility index (Phi) is 7.70. The zero-order chi connectivity index (χ0) is 24.8. The first-order chi connectivity index (χ1) is 17.0. The average molecular weight is 474 g/mol. The summed E-state index contributed by atoms with van der Waals surface area (Å²) >= 11 is 0. The lowest BCUT2D eigenvalue weighted by Gasteiger charge is -2.23. The maximum Gasteiger partial charge on any atom is 0.407 e. The van der Waals surface area contributed by atoms with Crippen LogP contribution in [0.15, 0.2) is 72.8 Å². The SMILES string of the molecule is CC[C@H](C)[C@H](NC(=O)OCC1c2ccccc2-c2ccccc21)C(=O)OCc1ccc(OC)cc1. The highest BCUT2D eigenvalue weighted by Gasteiger charge is 2.31. The smallest absolute Gasteiger partial charge is 0.407 e. The predicted octanol–water partition coefficient (Wildman–Crippen LogP) is 5.69. The van der Waals surface area contributed by atoms with Crippen molar-refractivity contribution in [2.75, 3.05) is 13.7 Å². The zero-order valence-corrected chi connectivity index (χ0v) is 20.3. The van der Waals surface area contributed by atoms with Crippen LogP contribution >= 0.6 is 0 Å². The third-order valence-electron chi connectivity index (χ3n) is 6.62. The van der Waals surface area contributed by atoms with Crippen molar-refractivity contribution in [2.24, 2.45) is 5.92 Å². The number of benzene rings is 3. The van der Waals surface area contributed by atoms with E-state index in [1.807, 2.05) is 62.4 Å². The number of esters is 1. The lowest BCUT2D eigenvalue weighted by Crippen LogP contribution is -2.46. The third-order valence-corrected chi connectivity index (χ3v) is 6.62. The summed E-state index contributed by atoms with van der Waals surface area (Å²) < 4.78 is 16.3. The fraction of sp³-hybridized carbons (Fsp3) is 0.310. The van der Waals surface area contributed by atoms with E-state index in [4.69, 9.17) is 14.2 Å². The van der Waals surface area contributed by atoms with E-state index in [1.54, 1.807) is 7.11 Å². The summed E-state index contributed by atoms with van der Waals surface area (Å²) in [6.07, 6.45) is 0.0740. The van der Waals surface area contributed by atoms with Crippen molar-refractivity contribution >= 4 is 12.1 Å². The molecule has 6 heteroatoms. The summed E-state index contributed by atoms with van der Waals surface area (Å²) in [4.78, 5) is 25.6. The number of ether oxygens (including phenoxy) is 3. The third kappa shape index (κ3) is 5.48. The van der Waals surface area contributed by atoms with Gasteiger partial charge in [0.25, 0.3) is 0 Å². The molecule has 1 N–H and O–H groups in total. The van der Waals surface area contributed by atoms with Crippen LogP contribution in [0.5, 0.6) is 5.75 Å². The summed E-state index contributed by atoms with van der Waals surface area (Å²) in [6, 6.07) is 22.8. The molecule has 3 aromatic carbocycles. The minimum absolute atomic E-state index is 0.0442. The van der Waals surface area contributed by atoms with Gasteiger partial charge in [-0.3, -0.25) is 0 Å². The fourth-order valence-electron chi connectivity index (χ4n) is 4.40. The minimum atomic E-state index is -0.797. The number of alkyl carbamates (subject to hydrolysis) is 1. The topological polar surface area (TPSA) is 73.9 Å². The first kappa shape index (κ1) is 24.3. The van der Waals surface area contributed by atoms with Crippen LogP contribution < -0.4 is 10.1 Å². The Morgan fingerprint density at radius 3 is 2.06 bits per heavy atom. The van der Waals surface area contributed by atoms with E-state index < -0.39 is 18.1 Å². The molecule has 0 spiro atoms. The molecular weight excluding hydrogens is 442 g/mol. The van der Waals surface area contributed by atoms with Crippen LogP contribution in [0, 0.1) is 5.92 Å². The molecule has 1 aliphatic rings. The molecule has 0 aliphatic heterocycles. The van der Waals surface area contributed by atoms with Crippen LogP contribution in [0.3, 0.4) is 0 Å². The highest BCUT2D eigenvalue weighted by atomic mass is 16.6. The minimum Gasteiger partial charge on any atom is -0.497 e. The molecule has 0 saturated carbocycles. The molecule has 0 saturated heterocycles. The van der Waals surface area contributed by atoms with Crippen molar-refractivity contribution in [3.63, 3.8) is 0 Å². The summed E-state index contributed by atoms with van der Waals surface area (Å²) in [7, 11) is 1.60. The average Bonchev–Trinajstić information content (AvgIpc) is 3.22. The van der Waals surface area contributed by atoms with E-state index in [9.17, 15) is 9.59 Å². The van der Waals surface area contributed by atoms with Gasteiger partial charge in [0.05, 0.1) is 7.11 Å². The van der Waals surface area contributed by atoms with Gasteiger partial charge < -0.3 is 19.5 Å². The Labute approximate surface area is 206 Å². The van der Waals surface area contributed by atoms with Gasteiger partial charge >= 0.3 is 12.1 Å². The molecule has 3 aromatic rings. The van der Waals surface area contributed by atoms with Crippen LogP contribution in [-0.2, 0) is 20.9 Å². The molecule has 35 heavy (non-hydrogen) atoms. The molecule has 6 nitrogen and oxygen atoms in total. The highest BCUT2D eigenvalue weighted by Crippen LogP contribution is 2.44. The molecule has 0 heterocycles. The molecule has 1 aliphatic carbocycles. The van der Waals surface area contributed by atoms with Crippen molar-refractivity contribution in [2.45, 2.75) is 38.8 Å². The quantitative estimate of drug-likeness (QED) is 0.404. The van der Waals surface area contributed by atoms with E-state index in [1.165, 1.54) is 0 Å². The Balaban J connectivity index is 1.37. The molecule has 0 aromatic heterocycles. The summed E-state index contributed by atoms with van der Waals surface area (Å²) in [6.45, 7) is 4.17. The van der Waals surface area contributed by atoms with Crippen molar-refractivity contribution in [3.8, 4) is 16.9 Å². The Hall–Kier alpha value is -3.80. The van der Waals surface area contributed by atoms with E-state index in [2.05, 4.69) is 29.6 Å². The number of rotatable bonds is 9. The Morgan fingerprint density at radius 1 is 0.886 bits per heavy atom. The first-order valence-corrected chi connectivity index (χ1v) is 11.9. The first-order valence-electron chi connectivity index (χ1n) is 11.9. The van der Waals surface area contributed by atoms with Gasteiger partial charge in [0.15, 0.2) is 0 Å². The normalized spacial score (nSPS) is 13.8. The number of fused-ring (bicyclic) bond motifs is 3. The zero-order valence-electron chi connectivity index (χ0n) is 20.3. The Bertz CT molecular complexity index is 1130. The van der Waals surface area contributed by atoms with Crippen LogP contribution in [0.25, 0.3) is 11.1 Å². The van der Waals surface area contributed by atoms with E-state index >= 15 is 0 Å². The van der Waals surface area contributed by atoms with Crippen LogP contribution in [-0.4, -0.2) is 31.8 Å². The van der Waals surface area contributed by atoms with Crippen molar-refractivity contribution in [1.82, 2.24) is 5.32 Å². The maximum absolute atomic E-state index is 12.8. The highest BCUT2D eigenvalue weighted by molar-refractivity contribution is 5.82. The number of methoxy groups -OCH3 is 1. The summed E-state index contributed by atoms with van der Waals surface area (Å²) in [5.41, 5.74) is 5.44. The van der Waals surface area contributed by atoms with Gasteiger partial charge in [-0.15, -0.1) is 0 Å². The van der Waals surface area contributed by atoms with Crippen LogP contribution in [0.2, 0.25) is 0 Å². The number of hydrogen-bond donors (Lipinski definition) is 1. The van der Waals surface area contributed by atoms with E-state index in [-0.39, 0.29) is 25.0 Å². The number of hydrogen-bond acceptors (Lipinski definition) is 5. The molecule has 4 rings (SSSR count). The van der Waals surface area contributed by atoms with Gasteiger partial charge in [-0.1, -0.05) is 80.9 Å². The van der Waals surface area contributed by atoms with Crippen LogP contribution in [0.4, 0.5) is 4.79 Å². The second-order valence-electron chi connectivity index (χ2n) is 8.79. The van der Waals surface area contributed by atoms with Gasteiger partial charge in [-0.2, -0.15) is 0 Å². The Morgan fingerprint density at radius 2 is 1.49 bits per heavy atom. The molecule has 0 unspecified atom stereocenters. The predicted molar refractivity (Wildman–Crippen MR) is 134 cm³/mol. The van der Waals surface area contributed by atoms with Gasteiger partial charge in [0.2, 0.25) is 0 Å². The molecule has 1 amide bonds. The maximum atomic E-state index is 12.8. The second-order valence-corrected chi connectivity index (χ2v) is 8.79. The van der Waals surface area contributed by atoms with Crippen LogP contribution in [0.1, 0.15) is 42.9 Å². The second kappa shape index (κ2) is 11.1. The monoisotopic (exact) mass is 473 g/mol. The lowest BCUT2D eigenvalue weighted by atomic mass is 9.98. The number of carbonyl (C=O) groups is 2. The van der Waals surface area contributed by atoms with Gasteiger partial charge in [-0.25, -0.2) is 9.59 Å². The largest absolute Gasteiger partial charge is 0.497 e. The van der Waals surface area contributed by atoms with E-state index in [0.717, 1.165) is 33.6 Å². The van der Waals surface area contributed by atoms with E-state index in [0.29, 0.717) is 6.42 Å². The molecule has 0 fully saturated rings. The van der Waals surface area contributed by atoms with Crippen molar-refractivity contribution < 1.29 is 23.8 Å². The standard InChI is InChI=1S/C29H31NO5/c1-4-19(2)27(28(31)34-17-20-13-15-21(33-3)16-14-20)30-29(32)35-18-26-24-11-7-5-9-22(24)23-10-6-8-12-25(23)26/h5-16,19,26-27H,4,17-18H2,1-3H3,(H,30,32)/t19-,27-/m0/s1. The molecule has 182 valence electrons. The van der Waals surface area contributed by atoms with Crippen molar-refractivity contribution in [1.29, 1.82) is 0 Å². The fourth-order valence-corrected chi connectivity index (χ4v) is 4.40. The molecule has 2 atom stereocenters. The lowest BCUT2D eigenvalue weighted by molar-refractivity contribution is -0.148. The van der Waals surface area contributed by atoms with Gasteiger partial charge in [0.1, 0.15) is 25.0 Å². The molecule has 0 radical (unpaired) electrons. The van der Waals surface area contributed by atoms with Crippen molar-refractivity contribution in [3.05, 3.63) is 89.5 Å². The summed E-state index contributed by atoms with van der Waals surface area (Å²) in [5, 5.41) is 2.74. The van der Waals surface area contributed by atoms with Gasteiger partial charge in [-0.05, 0) is 45.9 Å².